The van der Waals surface area contributed by atoms with E-state index in [-0.39, 0.29) is 24.6 Å². The van der Waals surface area contributed by atoms with Gasteiger partial charge in [-0.25, -0.2) is 4.79 Å². The highest BCUT2D eigenvalue weighted by molar-refractivity contribution is 6.34. The number of hydrogen-bond donors (Lipinski definition) is 4. The number of aliphatic hydroxyl groups is 1. The molecule has 0 radical (unpaired) electrons. The molecule has 0 spiro atoms. The second kappa shape index (κ2) is 10.4. The molecule has 1 saturated heterocycles. The monoisotopic (exact) mass is 382 g/mol. The van der Waals surface area contributed by atoms with Crippen LogP contribution in [0.3, 0.4) is 0 Å². The Morgan fingerprint density at radius 1 is 1.31 bits per heavy atom. The molecule has 26 heavy (non-hydrogen) atoms. The summed E-state index contributed by atoms with van der Waals surface area (Å²) in [6.45, 7) is 4.60. The first-order chi connectivity index (χ1) is 12.5. The normalized spacial score (nSPS) is 17.6. The van der Waals surface area contributed by atoms with Gasteiger partial charge in [-0.2, -0.15) is 0 Å². The Morgan fingerprint density at radius 2 is 2.12 bits per heavy atom. The van der Waals surface area contributed by atoms with Gasteiger partial charge in [-0.05, 0) is 44.5 Å². The van der Waals surface area contributed by atoms with Crippen molar-refractivity contribution in [2.45, 2.75) is 32.2 Å². The largest absolute Gasteiger partial charge is 0.395 e. The maximum absolute atomic E-state index is 12.1. The lowest BCUT2D eigenvalue weighted by Crippen LogP contribution is -2.46. The number of halogens is 1. The van der Waals surface area contributed by atoms with Crippen molar-refractivity contribution < 1.29 is 14.7 Å². The molecule has 8 heteroatoms. The van der Waals surface area contributed by atoms with Crippen molar-refractivity contribution in [3.05, 3.63) is 28.8 Å². The van der Waals surface area contributed by atoms with Gasteiger partial charge in [-0.3, -0.25) is 9.69 Å². The number of piperidine rings is 1. The lowest BCUT2D eigenvalue weighted by molar-refractivity contribution is 0.0917. The zero-order chi connectivity index (χ0) is 18.9. The molecule has 1 heterocycles. The molecule has 4 N–H and O–H groups in total. The molecule has 0 unspecified atom stereocenters. The molecule has 2 rings (SSSR count). The van der Waals surface area contributed by atoms with Crippen molar-refractivity contribution >= 4 is 29.2 Å². The number of aliphatic hydroxyl groups excluding tert-OH is 1. The number of urea groups is 1. The number of nitrogens with one attached hydrogen (secondary N) is 3. The summed E-state index contributed by atoms with van der Waals surface area (Å²) >= 11 is 6.05. The molecule has 0 bridgehead atoms. The fraction of sp³-hybridized carbons (Fsp3) is 0.556. The van der Waals surface area contributed by atoms with Crippen LogP contribution in [0.4, 0.5) is 10.5 Å². The van der Waals surface area contributed by atoms with E-state index in [1.807, 2.05) is 6.92 Å². The van der Waals surface area contributed by atoms with Crippen LogP contribution in [-0.2, 0) is 0 Å². The number of amides is 3. The van der Waals surface area contributed by atoms with E-state index in [0.29, 0.717) is 35.9 Å². The quantitative estimate of drug-likeness (QED) is 0.580. The SMILES string of the molecule is CCNC(=O)c1cc(NC(=O)NCCN2CCCC[C@H]2CO)ccc1Cl. The number of hydrogen-bond acceptors (Lipinski definition) is 4. The summed E-state index contributed by atoms with van der Waals surface area (Å²) in [5.74, 6) is -0.276. The van der Waals surface area contributed by atoms with E-state index in [1.165, 1.54) is 0 Å². The third-order valence-electron chi connectivity index (χ3n) is 4.45. The van der Waals surface area contributed by atoms with Crippen LogP contribution in [0, 0.1) is 0 Å². The van der Waals surface area contributed by atoms with Gasteiger partial charge < -0.3 is 21.1 Å². The van der Waals surface area contributed by atoms with Gasteiger partial charge in [0, 0.05) is 31.4 Å². The van der Waals surface area contributed by atoms with Gasteiger partial charge in [-0.15, -0.1) is 0 Å². The van der Waals surface area contributed by atoms with E-state index in [2.05, 4.69) is 20.9 Å². The van der Waals surface area contributed by atoms with Gasteiger partial charge in [0.1, 0.15) is 0 Å². The summed E-state index contributed by atoms with van der Waals surface area (Å²) in [6, 6.07) is 4.63. The van der Waals surface area contributed by atoms with Crippen LogP contribution < -0.4 is 16.0 Å². The molecular formula is C18H27ClN4O3. The molecule has 1 atom stereocenters. The summed E-state index contributed by atoms with van der Waals surface area (Å²) in [5, 5.41) is 17.9. The molecule has 1 aliphatic rings. The molecule has 144 valence electrons. The van der Waals surface area contributed by atoms with Crippen molar-refractivity contribution in [2.75, 3.05) is 38.1 Å². The number of nitrogens with zero attached hydrogens (tertiary/aromatic N) is 1. The van der Waals surface area contributed by atoms with Crippen molar-refractivity contribution in [2.24, 2.45) is 0 Å². The van der Waals surface area contributed by atoms with Gasteiger partial charge in [0.2, 0.25) is 0 Å². The third-order valence-corrected chi connectivity index (χ3v) is 4.78. The molecule has 3 amide bonds. The van der Waals surface area contributed by atoms with E-state index < -0.39 is 0 Å². The van der Waals surface area contributed by atoms with Crippen LogP contribution in [-0.4, -0.2) is 60.8 Å². The van der Waals surface area contributed by atoms with Gasteiger partial charge in [0.15, 0.2) is 0 Å². The zero-order valence-corrected chi connectivity index (χ0v) is 15.8. The number of rotatable bonds is 7. The van der Waals surface area contributed by atoms with E-state index in [1.54, 1.807) is 18.2 Å². The first-order valence-corrected chi connectivity index (χ1v) is 9.40. The summed E-state index contributed by atoms with van der Waals surface area (Å²) in [6.07, 6.45) is 3.26. The molecule has 0 aliphatic carbocycles. The number of carbonyl (C=O) groups is 2. The maximum atomic E-state index is 12.1. The van der Waals surface area contributed by atoms with Crippen LogP contribution in [0.1, 0.15) is 36.5 Å². The maximum Gasteiger partial charge on any atom is 0.319 e. The van der Waals surface area contributed by atoms with Gasteiger partial charge in [0.05, 0.1) is 17.2 Å². The smallest absolute Gasteiger partial charge is 0.319 e. The van der Waals surface area contributed by atoms with Gasteiger partial charge in [-0.1, -0.05) is 18.0 Å². The highest BCUT2D eigenvalue weighted by atomic mass is 35.5. The van der Waals surface area contributed by atoms with E-state index in [9.17, 15) is 14.7 Å². The number of anilines is 1. The topological polar surface area (TPSA) is 93.7 Å². The van der Waals surface area contributed by atoms with E-state index in [4.69, 9.17) is 11.6 Å². The highest BCUT2D eigenvalue weighted by Gasteiger charge is 2.21. The van der Waals surface area contributed by atoms with Gasteiger partial charge in [0.25, 0.3) is 5.91 Å². The molecule has 1 aromatic rings. The molecule has 1 fully saturated rings. The first kappa shape index (κ1) is 20.5. The van der Waals surface area contributed by atoms with Crippen LogP contribution >= 0.6 is 11.6 Å². The predicted molar refractivity (Wildman–Crippen MR) is 103 cm³/mol. The first-order valence-electron chi connectivity index (χ1n) is 9.02. The third kappa shape index (κ3) is 5.86. The van der Waals surface area contributed by atoms with Crippen LogP contribution in [0.15, 0.2) is 18.2 Å². The Balaban J connectivity index is 1.84. The Kier molecular flexibility index (Phi) is 8.15. The van der Waals surface area contributed by atoms with Crippen LogP contribution in [0.5, 0.6) is 0 Å². The molecule has 0 aromatic heterocycles. The Hall–Kier alpha value is -1.83. The Labute approximate surface area is 159 Å². The zero-order valence-electron chi connectivity index (χ0n) is 15.1. The number of benzene rings is 1. The second-order valence-electron chi connectivity index (χ2n) is 6.30. The standard InChI is InChI=1S/C18H27ClN4O3/c1-2-20-17(25)15-11-13(6-7-16(15)19)22-18(26)21-8-10-23-9-4-3-5-14(23)12-24/h6-7,11,14,24H,2-5,8-10,12H2,1H3,(H,20,25)(H2,21,22,26)/t14-/m0/s1. The molecule has 7 nitrogen and oxygen atoms in total. The molecule has 0 saturated carbocycles. The average Bonchev–Trinajstić information content (AvgIpc) is 2.64. The fourth-order valence-electron chi connectivity index (χ4n) is 3.08. The minimum Gasteiger partial charge on any atom is -0.395 e. The Bertz CT molecular complexity index is 626. The van der Waals surface area contributed by atoms with Gasteiger partial charge >= 0.3 is 6.03 Å². The summed E-state index contributed by atoms with van der Waals surface area (Å²) < 4.78 is 0. The second-order valence-corrected chi connectivity index (χ2v) is 6.71. The molecular weight excluding hydrogens is 356 g/mol. The van der Waals surface area contributed by atoms with E-state index in [0.717, 1.165) is 25.8 Å². The number of carbonyl (C=O) groups excluding carboxylic acids is 2. The van der Waals surface area contributed by atoms with Crippen LogP contribution in [0.2, 0.25) is 5.02 Å². The number of likely N-dealkylation sites (tertiary alicyclic amines) is 1. The Morgan fingerprint density at radius 3 is 2.85 bits per heavy atom. The van der Waals surface area contributed by atoms with Crippen molar-refractivity contribution in [1.82, 2.24) is 15.5 Å². The van der Waals surface area contributed by atoms with Crippen molar-refractivity contribution in [1.29, 1.82) is 0 Å². The minimum absolute atomic E-state index is 0.152. The highest BCUT2D eigenvalue weighted by Crippen LogP contribution is 2.20. The molecule has 1 aliphatic heterocycles. The summed E-state index contributed by atoms with van der Waals surface area (Å²) in [4.78, 5) is 26.2. The molecule has 1 aromatic carbocycles. The minimum atomic E-state index is -0.341. The van der Waals surface area contributed by atoms with Crippen LogP contribution in [0.25, 0.3) is 0 Å². The van der Waals surface area contributed by atoms with Crippen molar-refractivity contribution in [3.63, 3.8) is 0 Å². The van der Waals surface area contributed by atoms with E-state index >= 15 is 0 Å². The van der Waals surface area contributed by atoms with Crippen molar-refractivity contribution in [3.8, 4) is 0 Å². The summed E-state index contributed by atoms with van der Waals surface area (Å²) in [7, 11) is 0. The summed E-state index contributed by atoms with van der Waals surface area (Å²) in [5.41, 5.74) is 0.824. The fourth-order valence-corrected chi connectivity index (χ4v) is 3.29. The average molecular weight is 383 g/mol. The predicted octanol–water partition coefficient (Wildman–Crippen LogP) is 2.06. The lowest BCUT2D eigenvalue weighted by atomic mass is 10.0. The lowest BCUT2D eigenvalue weighted by Gasteiger charge is -2.34.